The van der Waals surface area contributed by atoms with Crippen LogP contribution in [0.15, 0.2) is 18.2 Å². The van der Waals surface area contributed by atoms with E-state index >= 15 is 0 Å². The van der Waals surface area contributed by atoms with Gasteiger partial charge in [-0.25, -0.2) is 0 Å². The van der Waals surface area contributed by atoms with Gasteiger partial charge in [0.25, 0.3) is 0 Å². The SMILES string of the molecule is COc1ccc(CN2C3CC2CN(S)C3)c(C)c1. The molecule has 2 atom stereocenters. The first-order valence-corrected chi connectivity index (χ1v) is 6.90. The van der Waals surface area contributed by atoms with Gasteiger partial charge in [-0.15, -0.1) is 0 Å². The van der Waals surface area contributed by atoms with E-state index in [0.717, 1.165) is 25.4 Å². The molecule has 0 saturated carbocycles. The van der Waals surface area contributed by atoms with Gasteiger partial charge in [-0.1, -0.05) is 18.9 Å². The molecule has 0 amide bonds. The van der Waals surface area contributed by atoms with Gasteiger partial charge in [0.1, 0.15) is 5.75 Å². The van der Waals surface area contributed by atoms with Gasteiger partial charge in [0.05, 0.1) is 7.11 Å². The molecule has 0 N–H and O–H groups in total. The van der Waals surface area contributed by atoms with Crippen molar-refractivity contribution in [2.24, 2.45) is 0 Å². The highest BCUT2D eigenvalue weighted by atomic mass is 32.1. The van der Waals surface area contributed by atoms with Crippen LogP contribution >= 0.6 is 12.8 Å². The average Bonchev–Trinajstić information content (AvgIpc) is 2.36. The van der Waals surface area contributed by atoms with E-state index < -0.39 is 0 Å². The first-order valence-electron chi connectivity index (χ1n) is 6.50. The highest BCUT2D eigenvalue weighted by Gasteiger charge is 2.43. The van der Waals surface area contributed by atoms with E-state index in [-0.39, 0.29) is 0 Å². The van der Waals surface area contributed by atoms with E-state index in [4.69, 9.17) is 4.74 Å². The fraction of sp³-hybridized carbons (Fsp3) is 0.571. The Hall–Kier alpha value is -0.710. The summed E-state index contributed by atoms with van der Waals surface area (Å²) in [6.45, 7) is 5.41. The Labute approximate surface area is 114 Å². The summed E-state index contributed by atoms with van der Waals surface area (Å²) < 4.78 is 7.40. The van der Waals surface area contributed by atoms with Crippen molar-refractivity contribution in [2.75, 3.05) is 20.2 Å². The van der Waals surface area contributed by atoms with Crippen molar-refractivity contribution in [1.29, 1.82) is 0 Å². The van der Waals surface area contributed by atoms with Gasteiger partial charge in [-0.3, -0.25) is 9.21 Å². The van der Waals surface area contributed by atoms with Crippen LogP contribution < -0.4 is 4.74 Å². The van der Waals surface area contributed by atoms with Gasteiger partial charge in [-0.2, -0.15) is 0 Å². The Morgan fingerprint density at radius 3 is 2.67 bits per heavy atom. The summed E-state index contributed by atoms with van der Waals surface area (Å²) in [7, 11) is 1.72. The quantitative estimate of drug-likeness (QED) is 0.842. The third kappa shape index (κ3) is 2.13. The van der Waals surface area contributed by atoms with Gasteiger partial charge < -0.3 is 4.74 Å². The number of benzene rings is 1. The lowest BCUT2D eigenvalue weighted by Crippen LogP contribution is -2.66. The fourth-order valence-electron chi connectivity index (χ4n) is 3.09. The first kappa shape index (κ1) is 12.3. The minimum absolute atomic E-state index is 0.697. The summed E-state index contributed by atoms with van der Waals surface area (Å²) in [5.74, 6) is 0.946. The molecule has 2 bridgehead atoms. The Bertz CT molecular complexity index is 439. The molecule has 0 aromatic heterocycles. The molecule has 2 heterocycles. The molecule has 1 aromatic rings. The van der Waals surface area contributed by atoms with Crippen LogP contribution in [0.25, 0.3) is 0 Å². The molecule has 2 unspecified atom stereocenters. The third-order valence-corrected chi connectivity index (χ3v) is 4.55. The van der Waals surface area contributed by atoms with Gasteiger partial charge in [0, 0.05) is 31.7 Å². The standard InChI is InChI=1S/C14H20N2OS/c1-10-5-14(17-2)4-3-11(10)7-16-12-6-13(16)9-15(18)8-12/h3-5,12-13,18H,6-9H2,1-2H3. The maximum Gasteiger partial charge on any atom is 0.119 e. The molecular weight excluding hydrogens is 244 g/mol. The summed E-state index contributed by atoms with van der Waals surface area (Å²) in [6.07, 6.45) is 1.34. The molecule has 2 saturated heterocycles. The number of thiol groups is 1. The fourth-order valence-corrected chi connectivity index (χ4v) is 3.47. The highest BCUT2D eigenvalue weighted by molar-refractivity contribution is 7.77. The summed E-state index contributed by atoms with van der Waals surface area (Å²) in [6, 6.07) is 7.77. The second kappa shape index (κ2) is 4.76. The van der Waals surface area contributed by atoms with Gasteiger partial charge in [0.2, 0.25) is 0 Å². The second-order valence-corrected chi connectivity index (χ2v) is 5.95. The van der Waals surface area contributed by atoms with E-state index in [1.807, 2.05) is 0 Å². The number of aryl methyl sites for hydroxylation is 1. The van der Waals surface area contributed by atoms with Gasteiger partial charge >= 0.3 is 0 Å². The van der Waals surface area contributed by atoms with Crippen LogP contribution in [-0.4, -0.2) is 41.5 Å². The summed E-state index contributed by atoms with van der Waals surface area (Å²) in [5, 5.41) is 0. The molecule has 2 fully saturated rings. The zero-order chi connectivity index (χ0) is 12.7. The molecule has 1 aromatic carbocycles. The van der Waals surface area contributed by atoms with E-state index in [0.29, 0.717) is 12.1 Å². The van der Waals surface area contributed by atoms with E-state index in [9.17, 15) is 0 Å². The molecule has 2 aliphatic rings. The smallest absolute Gasteiger partial charge is 0.119 e. The second-order valence-electron chi connectivity index (χ2n) is 5.38. The van der Waals surface area contributed by atoms with Crippen molar-refractivity contribution in [3.8, 4) is 5.75 Å². The molecule has 0 spiro atoms. The van der Waals surface area contributed by atoms with E-state index in [1.54, 1.807) is 7.11 Å². The zero-order valence-electron chi connectivity index (χ0n) is 11.0. The molecule has 0 aliphatic carbocycles. The largest absolute Gasteiger partial charge is 0.497 e. The number of likely N-dealkylation sites (tertiary alicyclic amines) is 1. The molecule has 18 heavy (non-hydrogen) atoms. The van der Waals surface area contributed by atoms with Crippen LogP contribution in [0.4, 0.5) is 0 Å². The maximum atomic E-state index is 5.25. The van der Waals surface area contributed by atoms with Crippen LogP contribution in [0.5, 0.6) is 5.75 Å². The van der Waals surface area contributed by atoms with Crippen LogP contribution in [0.2, 0.25) is 0 Å². The maximum absolute atomic E-state index is 5.25. The lowest BCUT2D eigenvalue weighted by atomic mass is 9.88. The summed E-state index contributed by atoms with van der Waals surface area (Å²) in [4.78, 5) is 2.61. The Morgan fingerprint density at radius 1 is 1.33 bits per heavy atom. The Morgan fingerprint density at radius 2 is 2.06 bits per heavy atom. The zero-order valence-corrected chi connectivity index (χ0v) is 11.9. The number of hydrogen-bond acceptors (Lipinski definition) is 4. The molecule has 98 valence electrons. The predicted octanol–water partition coefficient (Wildman–Crippen LogP) is 2.11. The topological polar surface area (TPSA) is 15.7 Å². The monoisotopic (exact) mass is 264 g/mol. The number of methoxy groups -OCH3 is 1. The van der Waals surface area contributed by atoms with Crippen molar-refractivity contribution in [3.05, 3.63) is 29.3 Å². The molecule has 2 aliphatic heterocycles. The number of ether oxygens (including phenoxy) is 1. The van der Waals surface area contributed by atoms with Crippen molar-refractivity contribution < 1.29 is 4.74 Å². The van der Waals surface area contributed by atoms with E-state index in [1.165, 1.54) is 17.5 Å². The van der Waals surface area contributed by atoms with Crippen molar-refractivity contribution in [1.82, 2.24) is 9.21 Å². The van der Waals surface area contributed by atoms with Crippen molar-refractivity contribution in [2.45, 2.75) is 32.0 Å². The van der Waals surface area contributed by atoms with Crippen LogP contribution in [0, 0.1) is 6.92 Å². The molecule has 4 heteroatoms. The highest BCUT2D eigenvalue weighted by Crippen LogP contribution is 2.34. The molecule has 3 nitrogen and oxygen atoms in total. The summed E-state index contributed by atoms with van der Waals surface area (Å²) in [5.41, 5.74) is 2.74. The number of nitrogens with zero attached hydrogens (tertiary/aromatic N) is 2. The number of piperidine rings is 1. The lowest BCUT2D eigenvalue weighted by molar-refractivity contribution is -0.0465. The van der Waals surface area contributed by atoms with E-state index in [2.05, 4.69) is 47.1 Å². The number of hydrogen-bond donors (Lipinski definition) is 1. The lowest BCUT2D eigenvalue weighted by Gasteiger charge is -2.55. The Kier molecular flexibility index (Phi) is 3.26. The predicted molar refractivity (Wildman–Crippen MR) is 76.0 cm³/mol. The summed E-state index contributed by atoms with van der Waals surface area (Å²) >= 11 is 4.45. The van der Waals surface area contributed by atoms with Crippen LogP contribution in [-0.2, 0) is 6.54 Å². The number of rotatable bonds is 3. The normalized spacial score (nSPS) is 27.9. The first-order chi connectivity index (χ1) is 8.67. The van der Waals surface area contributed by atoms with Crippen LogP contribution in [0.3, 0.4) is 0 Å². The molecule has 3 rings (SSSR count). The molecular formula is C14H20N2OS. The third-order valence-electron chi connectivity index (χ3n) is 4.23. The Balaban J connectivity index is 1.70. The molecule has 0 radical (unpaired) electrons. The van der Waals surface area contributed by atoms with Gasteiger partial charge in [-0.05, 0) is 36.6 Å². The van der Waals surface area contributed by atoms with Crippen molar-refractivity contribution >= 4 is 12.8 Å². The van der Waals surface area contributed by atoms with Crippen molar-refractivity contribution in [3.63, 3.8) is 0 Å². The van der Waals surface area contributed by atoms with Gasteiger partial charge in [0.15, 0.2) is 0 Å². The minimum atomic E-state index is 0.697. The number of fused-ring (bicyclic) bond motifs is 2. The van der Waals surface area contributed by atoms with Crippen LogP contribution in [0.1, 0.15) is 17.5 Å². The minimum Gasteiger partial charge on any atom is -0.497 e. The average molecular weight is 264 g/mol. The number of piperazine rings is 1.